The van der Waals surface area contributed by atoms with E-state index in [4.69, 9.17) is 4.52 Å². The van der Waals surface area contributed by atoms with Crippen molar-refractivity contribution < 1.29 is 9.32 Å². The Hall–Kier alpha value is -2.17. The SMILES string of the molecule is CCN(Cc1nc(-c2ccc(C)cc2)no1)C(=O)C12CC3CC(CC(C3)C1)C2. The van der Waals surface area contributed by atoms with Crippen LogP contribution in [0.4, 0.5) is 0 Å². The molecule has 0 saturated heterocycles. The second kappa shape index (κ2) is 6.71. The number of aryl methyl sites for hydroxylation is 1. The smallest absolute Gasteiger partial charge is 0.246 e. The van der Waals surface area contributed by atoms with Gasteiger partial charge >= 0.3 is 0 Å². The first kappa shape index (κ1) is 17.9. The van der Waals surface area contributed by atoms with Gasteiger partial charge in [0.2, 0.25) is 17.6 Å². The molecule has 0 aliphatic heterocycles. The quantitative estimate of drug-likeness (QED) is 0.761. The maximum absolute atomic E-state index is 13.6. The number of benzene rings is 1. The Labute approximate surface area is 166 Å². The number of carbonyl (C=O) groups excluding carboxylic acids is 1. The van der Waals surface area contributed by atoms with Gasteiger partial charge in [-0.2, -0.15) is 4.98 Å². The van der Waals surface area contributed by atoms with Crippen LogP contribution in [0.3, 0.4) is 0 Å². The van der Waals surface area contributed by atoms with Crippen molar-refractivity contribution in [2.75, 3.05) is 6.54 Å². The number of nitrogens with zero attached hydrogens (tertiary/aromatic N) is 3. The standard InChI is InChI=1S/C23H29N3O2/c1-3-26(14-20-24-21(25-28-20)19-6-4-15(2)5-7-19)22(27)23-11-16-8-17(12-23)10-18(9-16)13-23/h4-7,16-18H,3,8-14H2,1-2H3. The molecule has 4 fully saturated rings. The van der Waals surface area contributed by atoms with Gasteiger partial charge in [-0.3, -0.25) is 4.79 Å². The van der Waals surface area contributed by atoms with Crippen molar-refractivity contribution in [1.29, 1.82) is 0 Å². The van der Waals surface area contributed by atoms with Gasteiger partial charge in [-0.1, -0.05) is 35.0 Å². The Morgan fingerprint density at radius 1 is 1.11 bits per heavy atom. The van der Waals surface area contributed by atoms with Gasteiger partial charge in [0.25, 0.3) is 0 Å². The summed E-state index contributed by atoms with van der Waals surface area (Å²) in [6.45, 7) is 5.20. The van der Waals surface area contributed by atoms with Gasteiger partial charge in [0, 0.05) is 12.1 Å². The molecule has 1 amide bonds. The molecule has 2 aromatic rings. The van der Waals surface area contributed by atoms with E-state index in [0.717, 1.165) is 42.6 Å². The highest BCUT2D eigenvalue weighted by Gasteiger charge is 2.55. The normalized spacial score (nSPS) is 30.6. The molecule has 0 radical (unpaired) electrons. The van der Waals surface area contributed by atoms with Gasteiger partial charge in [0.15, 0.2) is 0 Å². The van der Waals surface area contributed by atoms with Crippen LogP contribution in [0.2, 0.25) is 0 Å². The summed E-state index contributed by atoms with van der Waals surface area (Å²) in [5.74, 6) is 3.74. The third kappa shape index (κ3) is 3.05. The first-order chi connectivity index (χ1) is 13.5. The molecule has 4 saturated carbocycles. The summed E-state index contributed by atoms with van der Waals surface area (Å²) in [5, 5.41) is 4.13. The monoisotopic (exact) mass is 379 g/mol. The van der Waals surface area contributed by atoms with Gasteiger partial charge in [-0.25, -0.2) is 0 Å². The number of hydrogen-bond acceptors (Lipinski definition) is 4. The van der Waals surface area contributed by atoms with Gasteiger partial charge in [-0.05, 0) is 70.1 Å². The van der Waals surface area contributed by atoms with Crippen LogP contribution in [-0.2, 0) is 11.3 Å². The van der Waals surface area contributed by atoms with Gasteiger partial charge in [-0.15, -0.1) is 0 Å². The zero-order chi connectivity index (χ0) is 19.3. The lowest BCUT2D eigenvalue weighted by Gasteiger charge is -2.56. The van der Waals surface area contributed by atoms with E-state index >= 15 is 0 Å². The van der Waals surface area contributed by atoms with Crippen molar-refractivity contribution >= 4 is 5.91 Å². The van der Waals surface area contributed by atoms with E-state index in [-0.39, 0.29) is 5.41 Å². The van der Waals surface area contributed by atoms with Crippen LogP contribution < -0.4 is 0 Å². The summed E-state index contributed by atoms with van der Waals surface area (Å²) < 4.78 is 5.50. The number of carbonyl (C=O) groups is 1. The zero-order valence-corrected chi connectivity index (χ0v) is 16.9. The minimum Gasteiger partial charge on any atom is -0.337 e. The van der Waals surface area contributed by atoms with E-state index in [1.54, 1.807) is 0 Å². The number of rotatable bonds is 5. The summed E-state index contributed by atoms with van der Waals surface area (Å²) in [6, 6.07) is 8.09. The van der Waals surface area contributed by atoms with Crippen LogP contribution in [0.25, 0.3) is 11.4 Å². The predicted octanol–water partition coefficient (Wildman–Crippen LogP) is 4.61. The predicted molar refractivity (Wildman–Crippen MR) is 106 cm³/mol. The van der Waals surface area contributed by atoms with Crippen LogP contribution >= 0.6 is 0 Å². The molecule has 0 atom stereocenters. The molecule has 0 spiro atoms. The van der Waals surface area contributed by atoms with Crippen LogP contribution in [0.5, 0.6) is 0 Å². The highest BCUT2D eigenvalue weighted by Crippen LogP contribution is 2.60. The number of amides is 1. The van der Waals surface area contributed by atoms with E-state index in [9.17, 15) is 4.79 Å². The molecule has 6 rings (SSSR count). The van der Waals surface area contributed by atoms with E-state index < -0.39 is 0 Å². The Morgan fingerprint density at radius 2 is 1.71 bits per heavy atom. The average molecular weight is 380 g/mol. The minimum atomic E-state index is -0.120. The van der Waals surface area contributed by atoms with E-state index in [1.807, 2.05) is 29.2 Å². The van der Waals surface area contributed by atoms with Crippen LogP contribution in [0, 0.1) is 30.1 Å². The van der Waals surface area contributed by atoms with E-state index in [1.165, 1.54) is 24.8 Å². The van der Waals surface area contributed by atoms with Crippen molar-refractivity contribution in [3.63, 3.8) is 0 Å². The topological polar surface area (TPSA) is 59.2 Å². The molecule has 0 N–H and O–H groups in total. The Morgan fingerprint density at radius 3 is 2.29 bits per heavy atom. The van der Waals surface area contributed by atoms with E-state index in [2.05, 4.69) is 24.0 Å². The molecule has 4 aliphatic carbocycles. The lowest BCUT2D eigenvalue weighted by molar-refractivity contribution is -0.158. The summed E-state index contributed by atoms with van der Waals surface area (Å²) >= 11 is 0. The molecule has 4 bridgehead atoms. The third-order valence-electron chi connectivity index (χ3n) is 7.26. The van der Waals surface area contributed by atoms with Crippen molar-refractivity contribution in [3.05, 3.63) is 35.7 Å². The fourth-order valence-electron chi connectivity index (χ4n) is 6.34. The first-order valence-corrected chi connectivity index (χ1v) is 10.7. The number of aromatic nitrogens is 2. The lowest BCUT2D eigenvalue weighted by atomic mass is 9.49. The molecule has 1 heterocycles. The van der Waals surface area contributed by atoms with Gasteiger partial charge in [0.05, 0.1) is 12.0 Å². The zero-order valence-electron chi connectivity index (χ0n) is 16.9. The summed E-state index contributed by atoms with van der Waals surface area (Å²) in [5.41, 5.74) is 2.02. The molecule has 0 unspecified atom stereocenters. The molecular formula is C23H29N3O2. The molecule has 148 valence electrons. The summed E-state index contributed by atoms with van der Waals surface area (Å²) in [6.07, 6.45) is 7.32. The molecule has 5 nitrogen and oxygen atoms in total. The maximum Gasteiger partial charge on any atom is 0.246 e. The fourth-order valence-corrected chi connectivity index (χ4v) is 6.34. The first-order valence-electron chi connectivity index (χ1n) is 10.7. The highest BCUT2D eigenvalue weighted by atomic mass is 16.5. The number of hydrogen-bond donors (Lipinski definition) is 0. The van der Waals surface area contributed by atoms with Crippen molar-refractivity contribution in [1.82, 2.24) is 15.0 Å². The molecule has 1 aromatic heterocycles. The Balaban J connectivity index is 1.33. The third-order valence-corrected chi connectivity index (χ3v) is 7.26. The summed E-state index contributed by atoms with van der Waals surface area (Å²) in [4.78, 5) is 20.1. The molecular weight excluding hydrogens is 350 g/mol. The van der Waals surface area contributed by atoms with Crippen LogP contribution in [0.15, 0.2) is 28.8 Å². The fraction of sp³-hybridized carbons (Fsp3) is 0.609. The van der Waals surface area contributed by atoms with Crippen molar-refractivity contribution in [3.8, 4) is 11.4 Å². The largest absolute Gasteiger partial charge is 0.337 e. The van der Waals surface area contributed by atoms with Gasteiger partial charge < -0.3 is 9.42 Å². The second-order valence-electron chi connectivity index (χ2n) is 9.39. The Bertz CT molecular complexity index is 835. The summed E-state index contributed by atoms with van der Waals surface area (Å²) in [7, 11) is 0. The van der Waals surface area contributed by atoms with Crippen molar-refractivity contribution in [2.45, 2.75) is 58.9 Å². The lowest BCUT2D eigenvalue weighted by Crippen LogP contribution is -2.54. The van der Waals surface area contributed by atoms with E-state index in [0.29, 0.717) is 30.7 Å². The molecule has 28 heavy (non-hydrogen) atoms. The van der Waals surface area contributed by atoms with Gasteiger partial charge in [0.1, 0.15) is 0 Å². The van der Waals surface area contributed by atoms with Crippen LogP contribution in [0.1, 0.15) is 56.9 Å². The molecule has 5 heteroatoms. The average Bonchev–Trinajstić information content (AvgIpc) is 3.13. The van der Waals surface area contributed by atoms with Crippen LogP contribution in [-0.4, -0.2) is 27.5 Å². The highest BCUT2D eigenvalue weighted by molar-refractivity contribution is 5.83. The Kier molecular flexibility index (Phi) is 4.29. The minimum absolute atomic E-state index is 0.120. The molecule has 4 aliphatic rings. The van der Waals surface area contributed by atoms with Crippen molar-refractivity contribution in [2.24, 2.45) is 23.2 Å². The molecule has 1 aromatic carbocycles. The maximum atomic E-state index is 13.6. The second-order valence-corrected chi connectivity index (χ2v) is 9.39.